The lowest BCUT2D eigenvalue weighted by Crippen LogP contribution is -2.45. The number of nitrogens with two attached hydrogens (primary N) is 1. The van der Waals surface area contributed by atoms with Gasteiger partial charge in [0, 0.05) is 5.69 Å². The van der Waals surface area contributed by atoms with Crippen molar-refractivity contribution in [3.63, 3.8) is 0 Å². The van der Waals surface area contributed by atoms with Crippen LogP contribution in [-0.4, -0.2) is 11.4 Å². The minimum Gasteiger partial charge on any atom is -0.325 e. The molecule has 0 heterocycles. The number of benzene rings is 1. The molecule has 3 nitrogen and oxygen atoms in total. The molecule has 0 radical (unpaired) electrons. The van der Waals surface area contributed by atoms with Crippen molar-refractivity contribution in [3.8, 4) is 0 Å². The molecule has 1 unspecified atom stereocenters. The van der Waals surface area contributed by atoms with E-state index in [1.54, 1.807) is 13.8 Å². The maximum Gasteiger partial charge on any atom is 0.243 e. The molecule has 0 aliphatic rings. The third kappa shape index (κ3) is 3.86. The summed E-state index contributed by atoms with van der Waals surface area (Å²) in [6.07, 6.45) is 1.11. The molecule has 17 heavy (non-hydrogen) atoms. The van der Waals surface area contributed by atoms with E-state index in [1.807, 2.05) is 24.3 Å². The van der Waals surface area contributed by atoms with Crippen LogP contribution in [0.2, 0.25) is 0 Å². The molecule has 0 aliphatic carbocycles. The summed E-state index contributed by atoms with van der Waals surface area (Å²) in [5.41, 5.74) is 6.94. The summed E-state index contributed by atoms with van der Waals surface area (Å²) >= 11 is 0. The summed E-state index contributed by atoms with van der Waals surface area (Å²) in [5, 5.41) is 2.80. The van der Waals surface area contributed by atoms with Crippen LogP contribution >= 0.6 is 0 Å². The van der Waals surface area contributed by atoms with E-state index in [2.05, 4.69) is 19.2 Å². The molecule has 1 amide bonds. The minimum absolute atomic E-state index is 0.172. The Bertz CT molecular complexity index is 376. The van der Waals surface area contributed by atoms with Gasteiger partial charge in [-0.25, -0.2) is 0 Å². The number of rotatable bonds is 4. The van der Waals surface area contributed by atoms with Crippen molar-refractivity contribution in [1.82, 2.24) is 0 Å². The zero-order valence-electron chi connectivity index (χ0n) is 11.1. The molecule has 0 spiro atoms. The monoisotopic (exact) mass is 234 g/mol. The van der Waals surface area contributed by atoms with E-state index in [-0.39, 0.29) is 5.91 Å². The Morgan fingerprint density at radius 3 is 2.29 bits per heavy atom. The van der Waals surface area contributed by atoms with Gasteiger partial charge >= 0.3 is 0 Å². The summed E-state index contributed by atoms with van der Waals surface area (Å²) in [6.45, 7) is 7.74. The number of carbonyl (C=O) groups is 1. The van der Waals surface area contributed by atoms with E-state index < -0.39 is 5.54 Å². The van der Waals surface area contributed by atoms with Crippen LogP contribution in [0.5, 0.6) is 0 Å². The third-order valence-electron chi connectivity index (χ3n) is 2.94. The summed E-state index contributed by atoms with van der Waals surface area (Å²) in [4.78, 5) is 11.7. The fraction of sp³-hybridized carbons (Fsp3) is 0.500. The van der Waals surface area contributed by atoms with E-state index in [0.29, 0.717) is 5.92 Å². The summed E-state index contributed by atoms with van der Waals surface area (Å²) in [7, 11) is 0. The van der Waals surface area contributed by atoms with Crippen molar-refractivity contribution < 1.29 is 4.79 Å². The van der Waals surface area contributed by atoms with Gasteiger partial charge < -0.3 is 11.1 Å². The summed E-state index contributed by atoms with van der Waals surface area (Å²) in [6, 6.07) is 7.94. The zero-order valence-corrected chi connectivity index (χ0v) is 11.1. The third-order valence-corrected chi connectivity index (χ3v) is 2.94. The topological polar surface area (TPSA) is 55.1 Å². The lowest BCUT2D eigenvalue weighted by Gasteiger charge is -2.18. The van der Waals surface area contributed by atoms with Crippen LogP contribution in [0.15, 0.2) is 24.3 Å². The molecule has 1 rings (SSSR count). The molecule has 0 aliphatic heterocycles. The van der Waals surface area contributed by atoms with Crippen LogP contribution in [0.25, 0.3) is 0 Å². The van der Waals surface area contributed by atoms with E-state index >= 15 is 0 Å². The average molecular weight is 234 g/mol. The maximum atomic E-state index is 11.7. The molecule has 0 saturated heterocycles. The molecule has 1 aromatic carbocycles. The van der Waals surface area contributed by atoms with Crippen molar-refractivity contribution >= 4 is 11.6 Å². The number of nitrogens with one attached hydrogen (secondary N) is 1. The van der Waals surface area contributed by atoms with Gasteiger partial charge in [-0.3, -0.25) is 4.79 Å². The highest BCUT2D eigenvalue weighted by molar-refractivity contribution is 5.97. The first-order valence-electron chi connectivity index (χ1n) is 6.05. The van der Waals surface area contributed by atoms with Crippen molar-refractivity contribution in [2.45, 2.75) is 45.6 Å². The lowest BCUT2D eigenvalue weighted by atomic mass is 9.98. The molecule has 0 bridgehead atoms. The first-order chi connectivity index (χ1) is 7.84. The molecule has 1 atom stereocenters. The minimum atomic E-state index is -0.852. The number of hydrogen-bond acceptors (Lipinski definition) is 2. The molecule has 0 saturated carbocycles. The molecule has 3 heteroatoms. The first kappa shape index (κ1) is 13.7. The lowest BCUT2D eigenvalue weighted by molar-refractivity contribution is -0.120. The molecule has 3 N–H and O–H groups in total. The number of anilines is 1. The largest absolute Gasteiger partial charge is 0.325 e. The Hall–Kier alpha value is -1.35. The molecular formula is C14H22N2O. The summed E-state index contributed by atoms with van der Waals surface area (Å²) in [5.74, 6) is 0.375. The van der Waals surface area contributed by atoms with Crippen LogP contribution in [0.1, 0.15) is 45.6 Å². The van der Waals surface area contributed by atoms with Crippen molar-refractivity contribution in [1.29, 1.82) is 0 Å². The van der Waals surface area contributed by atoms with Gasteiger partial charge in [-0.15, -0.1) is 0 Å². The predicted molar refractivity (Wildman–Crippen MR) is 72.0 cm³/mol. The standard InChI is InChI=1S/C14H22N2O/c1-5-10(2)11-6-8-12(9-7-11)16-13(17)14(3,4)15/h6-10H,5,15H2,1-4H3,(H,16,17). The molecule has 0 fully saturated rings. The van der Waals surface area contributed by atoms with Crippen LogP contribution in [0.4, 0.5) is 5.69 Å². The highest BCUT2D eigenvalue weighted by Gasteiger charge is 2.21. The van der Waals surface area contributed by atoms with Crippen LogP contribution in [0, 0.1) is 0 Å². The van der Waals surface area contributed by atoms with E-state index in [9.17, 15) is 4.79 Å². The maximum absolute atomic E-state index is 11.7. The Morgan fingerprint density at radius 2 is 1.88 bits per heavy atom. The van der Waals surface area contributed by atoms with Gasteiger partial charge in [-0.2, -0.15) is 0 Å². The Kier molecular flexibility index (Phi) is 4.29. The average Bonchev–Trinajstić information content (AvgIpc) is 2.27. The second-order valence-corrected chi connectivity index (χ2v) is 5.11. The summed E-state index contributed by atoms with van der Waals surface area (Å²) < 4.78 is 0. The number of carbonyl (C=O) groups excluding carboxylic acids is 1. The van der Waals surface area contributed by atoms with Gasteiger partial charge in [-0.05, 0) is 43.9 Å². The molecule has 0 aromatic heterocycles. The molecule has 1 aromatic rings. The van der Waals surface area contributed by atoms with Gasteiger partial charge in [0.05, 0.1) is 5.54 Å². The zero-order chi connectivity index (χ0) is 13.1. The van der Waals surface area contributed by atoms with Gasteiger partial charge in [-0.1, -0.05) is 26.0 Å². The quantitative estimate of drug-likeness (QED) is 0.841. The number of amides is 1. The Labute approximate surface area is 103 Å². The second kappa shape index (κ2) is 5.32. The van der Waals surface area contributed by atoms with Crippen molar-refractivity contribution in [2.75, 3.05) is 5.32 Å². The fourth-order valence-corrected chi connectivity index (χ4v) is 1.42. The van der Waals surface area contributed by atoms with Gasteiger partial charge in [0.2, 0.25) is 5.91 Å². The first-order valence-corrected chi connectivity index (χ1v) is 6.05. The highest BCUT2D eigenvalue weighted by atomic mass is 16.2. The molecule has 94 valence electrons. The second-order valence-electron chi connectivity index (χ2n) is 5.11. The normalized spacial score (nSPS) is 13.2. The van der Waals surface area contributed by atoms with Gasteiger partial charge in [0.15, 0.2) is 0 Å². The van der Waals surface area contributed by atoms with Crippen molar-refractivity contribution in [3.05, 3.63) is 29.8 Å². The van der Waals surface area contributed by atoms with Crippen LogP contribution in [-0.2, 0) is 4.79 Å². The van der Waals surface area contributed by atoms with E-state index in [1.165, 1.54) is 5.56 Å². The number of hydrogen-bond donors (Lipinski definition) is 2. The van der Waals surface area contributed by atoms with Gasteiger partial charge in [0.1, 0.15) is 0 Å². The van der Waals surface area contributed by atoms with E-state index in [4.69, 9.17) is 5.73 Å². The van der Waals surface area contributed by atoms with E-state index in [0.717, 1.165) is 12.1 Å². The highest BCUT2D eigenvalue weighted by Crippen LogP contribution is 2.20. The predicted octanol–water partition coefficient (Wildman–Crippen LogP) is 2.88. The van der Waals surface area contributed by atoms with Crippen molar-refractivity contribution in [2.24, 2.45) is 5.73 Å². The van der Waals surface area contributed by atoms with Crippen LogP contribution < -0.4 is 11.1 Å². The van der Waals surface area contributed by atoms with Gasteiger partial charge in [0.25, 0.3) is 0 Å². The SMILES string of the molecule is CCC(C)c1ccc(NC(=O)C(C)(C)N)cc1. The fourth-order valence-electron chi connectivity index (χ4n) is 1.42. The van der Waals surface area contributed by atoms with Crippen LogP contribution in [0.3, 0.4) is 0 Å². The Balaban J connectivity index is 2.72. The molecular weight excluding hydrogens is 212 g/mol. The smallest absolute Gasteiger partial charge is 0.243 e. The Morgan fingerprint density at radius 1 is 1.35 bits per heavy atom.